The molecule has 1 N–H and O–H groups in total. The zero-order valence-electron chi connectivity index (χ0n) is 10.4. The van der Waals surface area contributed by atoms with Crippen molar-refractivity contribution in [2.75, 3.05) is 13.2 Å². The Morgan fingerprint density at radius 2 is 2.12 bits per heavy atom. The fourth-order valence-corrected chi connectivity index (χ4v) is 1.84. The second kappa shape index (κ2) is 4.76. The Bertz CT molecular complexity index is 289. The van der Waals surface area contributed by atoms with E-state index >= 15 is 0 Å². The van der Waals surface area contributed by atoms with Crippen LogP contribution in [-0.4, -0.2) is 46.8 Å². The number of aliphatic hydroxyl groups is 1. The number of rotatable bonds is 2. The lowest BCUT2D eigenvalue weighted by Crippen LogP contribution is -2.40. The van der Waals surface area contributed by atoms with Gasteiger partial charge in [-0.1, -0.05) is 0 Å². The summed E-state index contributed by atoms with van der Waals surface area (Å²) in [6, 6.07) is -0.648. The van der Waals surface area contributed by atoms with Gasteiger partial charge in [-0.2, -0.15) is 0 Å². The number of amides is 1. The molecular weight excluding hydrogens is 232 g/mol. The summed E-state index contributed by atoms with van der Waals surface area (Å²) >= 11 is 0. The molecule has 1 unspecified atom stereocenters. The first-order chi connectivity index (χ1) is 7.64. The van der Waals surface area contributed by atoms with E-state index in [0.29, 0.717) is 0 Å². The largest absolute Gasteiger partial charge is 0.444 e. The van der Waals surface area contributed by atoms with Crippen LogP contribution in [-0.2, 0) is 4.74 Å². The van der Waals surface area contributed by atoms with Crippen molar-refractivity contribution in [2.24, 2.45) is 0 Å². The molecule has 1 saturated heterocycles. The summed E-state index contributed by atoms with van der Waals surface area (Å²) in [6.45, 7) is 4.19. The third-order valence-electron chi connectivity index (χ3n) is 2.47. The topological polar surface area (TPSA) is 49.8 Å². The van der Waals surface area contributed by atoms with E-state index in [1.165, 1.54) is 0 Å². The highest BCUT2D eigenvalue weighted by Gasteiger charge is 2.47. The highest BCUT2D eigenvalue weighted by atomic mass is 19.3. The molecule has 0 saturated carbocycles. The Kier molecular flexibility index (Phi) is 3.96. The summed E-state index contributed by atoms with van der Waals surface area (Å²) in [7, 11) is 0. The number of aliphatic hydroxyl groups excluding tert-OH is 1. The zero-order chi connectivity index (χ0) is 13.3. The van der Waals surface area contributed by atoms with E-state index in [2.05, 4.69) is 0 Å². The van der Waals surface area contributed by atoms with Crippen molar-refractivity contribution in [3.05, 3.63) is 0 Å². The molecule has 1 aliphatic heterocycles. The van der Waals surface area contributed by atoms with Crippen LogP contribution in [0.5, 0.6) is 0 Å². The highest BCUT2D eigenvalue weighted by molar-refractivity contribution is 5.69. The normalized spacial score (nSPS) is 23.9. The maximum atomic E-state index is 13.2. The third kappa shape index (κ3) is 4.11. The molecule has 1 heterocycles. The van der Waals surface area contributed by atoms with Gasteiger partial charge in [0, 0.05) is 19.1 Å². The number of carbonyl (C=O) groups is 1. The van der Waals surface area contributed by atoms with Crippen molar-refractivity contribution in [2.45, 2.75) is 51.2 Å². The molecule has 17 heavy (non-hydrogen) atoms. The summed E-state index contributed by atoms with van der Waals surface area (Å²) in [6.07, 6.45) is -1.00. The molecule has 4 nitrogen and oxygen atoms in total. The average Bonchev–Trinajstić information content (AvgIpc) is 2.39. The quantitative estimate of drug-likeness (QED) is 0.816. The van der Waals surface area contributed by atoms with E-state index in [9.17, 15) is 13.6 Å². The number of carbonyl (C=O) groups excluding carboxylic acids is 1. The Hall–Kier alpha value is -0.910. The van der Waals surface area contributed by atoms with Gasteiger partial charge in [0.1, 0.15) is 5.60 Å². The van der Waals surface area contributed by atoms with Gasteiger partial charge in [0.25, 0.3) is 5.92 Å². The van der Waals surface area contributed by atoms with Crippen LogP contribution < -0.4 is 0 Å². The number of likely N-dealkylation sites (tertiary alicyclic amines) is 1. The summed E-state index contributed by atoms with van der Waals surface area (Å²) in [5.74, 6) is -2.89. The zero-order valence-corrected chi connectivity index (χ0v) is 10.4. The molecular formula is C11H19F2NO3. The standard InChI is InChI=1S/C11H19F2NO3/c1-10(2,3)17-9(16)14-7-11(12,13)6-8(14)4-5-15/h8,15H,4-7H2,1-3H3. The first-order valence-corrected chi connectivity index (χ1v) is 5.63. The van der Waals surface area contributed by atoms with Gasteiger partial charge < -0.3 is 9.84 Å². The minimum atomic E-state index is -2.89. The number of nitrogens with zero attached hydrogens (tertiary/aromatic N) is 1. The third-order valence-corrected chi connectivity index (χ3v) is 2.47. The van der Waals surface area contributed by atoms with Gasteiger partial charge in [0.15, 0.2) is 0 Å². The molecule has 6 heteroatoms. The van der Waals surface area contributed by atoms with Crippen LogP contribution in [0.3, 0.4) is 0 Å². The maximum Gasteiger partial charge on any atom is 0.410 e. The lowest BCUT2D eigenvalue weighted by Gasteiger charge is -2.27. The molecule has 0 aliphatic carbocycles. The summed E-state index contributed by atoms with van der Waals surface area (Å²) < 4.78 is 31.5. The Balaban J connectivity index is 2.70. The van der Waals surface area contributed by atoms with Gasteiger partial charge in [-0.25, -0.2) is 13.6 Å². The number of ether oxygens (including phenoxy) is 1. The maximum absolute atomic E-state index is 13.2. The number of alkyl halides is 2. The van der Waals surface area contributed by atoms with Gasteiger partial charge in [-0.15, -0.1) is 0 Å². The molecule has 0 spiro atoms. The smallest absolute Gasteiger partial charge is 0.410 e. The molecule has 0 aromatic heterocycles. The van der Waals surface area contributed by atoms with Crippen LogP contribution in [0.25, 0.3) is 0 Å². The van der Waals surface area contributed by atoms with Crippen molar-refractivity contribution >= 4 is 6.09 Å². The van der Waals surface area contributed by atoms with E-state index in [1.807, 2.05) is 0 Å². The fourth-order valence-electron chi connectivity index (χ4n) is 1.84. The van der Waals surface area contributed by atoms with Crippen molar-refractivity contribution < 1.29 is 23.4 Å². The molecule has 1 aliphatic rings. The molecule has 1 fully saturated rings. The number of hydrogen-bond donors (Lipinski definition) is 1. The van der Waals surface area contributed by atoms with Crippen molar-refractivity contribution in [3.8, 4) is 0 Å². The summed E-state index contributed by atoms with van der Waals surface area (Å²) in [5, 5.41) is 8.81. The monoisotopic (exact) mass is 251 g/mol. The average molecular weight is 251 g/mol. The number of halogens is 2. The van der Waals surface area contributed by atoms with Gasteiger partial charge in [-0.3, -0.25) is 4.90 Å². The lowest BCUT2D eigenvalue weighted by atomic mass is 10.1. The second-order valence-electron chi connectivity index (χ2n) is 5.33. The van der Waals surface area contributed by atoms with E-state index in [0.717, 1.165) is 4.90 Å². The molecule has 0 aromatic rings. The van der Waals surface area contributed by atoms with Crippen LogP contribution in [0.1, 0.15) is 33.6 Å². The van der Waals surface area contributed by atoms with Crippen molar-refractivity contribution in [3.63, 3.8) is 0 Å². The minimum Gasteiger partial charge on any atom is -0.444 e. The summed E-state index contributed by atoms with van der Waals surface area (Å²) in [4.78, 5) is 12.7. The first-order valence-electron chi connectivity index (χ1n) is 5.63. The summed E-state index contributed by atoms with van der Waals surface area (Å²) in [5.41, 5.74) is -0.710. The van der Waals surface area contributed by atoms with E-state index < -0.39 is 36.6 Å². The molecule has 0 aromatic carbocycles. The second-order valence-corrected chi connectivity index (χ2v) is 5.33. The van der Waals surface area contributed by atoms with Gasteiger partial charge >= 0.3 is 6.09 Å². The fraction of sp³-hybridized carbons (Fsp3) is 0.909. The van der Waals surface area contributed by atoms with Gasteiger partial charge in [0.2, 0.25) is 0 Å². The van der Waals surface area contributed by atoms with Crippen LogP contribution in [0, 0.1) is 0 Å². The van der Waals surface area contributed by atoms with Crippen molar-refractivity contribution in [1.29, 1.82) is 0 Å². The Morgan fingerprint density at radius 1 is 1.53 bits per heavy atom. The van der Waals surface area contributed by atoms with Crippen LogP contribution in [0.2, 0.25) is 0 Å². The first kappa shape index (κ1) is 14.2. The lowest BCUT2D eigenvalue weighted by molar-refractivity contribution is -0.00255. The van der Waals surface area contributed by atoms with E-state index in [4.69, 9.17) is 9.84 Å². The van der Waals surface area contributed by atoms with E-state index in [-0.39, 0.29) is 13.0 Å². The molecule has 1 amide bonds. The van der Waals surface area contributed by atoms with Gasteiger partial charge in [0.05, 0.1) is 6.54 Å². The molecule has 1 atom stereocenters. The number of hydrogen-bond acceptors (Lipinski definition) is 3. The highest BCUT2D eigenvalue weighted by Crippen LogP contribution is 2.34. The van der Waals surface area contributed by atoms with Crippen LogP contribution >= 0.6 is 0 Å². The molecule has 100 valence electrons. The van der Waals surface area contributed by atoms with E-state index in [1.54, 1.807) is 20.8 Å². The Morgan fingerprint density at radius 3 is 2.59 bits per heavy atom. The van der Waals surface area contributed by atoms with Crippen LogP contribution in [0.4, 0.5) is 13.6 Å². The SMILES string of the molecule is CC(C)(C)OC(=O)N1CC(F)(F)CC1CCO. The minimum absolute atomic E-state index is 0.148. The Labute approximate surface area is 99.5 Å². The molecule has 1 rings (SSSR count). The molecule has 0 radical (unpaired) electrons. The van der Waals surface area contributed by atoms with Gasteiger partial charge in [-0.05, 0) is 27.2 Å². The predicted octanol–water partition coefficient (Wildman–Crippen LogP) is 2.01. The predicted molar refractivity (Wildman–Crippen MR) is 58.0 cm³/mol. The molecule has 0 bridgehead atoms. The van der Waals surface area contributed by atoms with Crippen LogP contribution in [0.15, 0.2) is 0 Å². The van der Waals surface area contributed by atoms with Crippen molar-refractivity contribution in [1.82, 2.24) is 4.90 Å².